The van der Waals surface area contributed by atoms with E-state index in [9.17, 15) is 19.5 Å². The average molecular weight is 839 g/mol. The summed E-state index contributed by atoms with van der Waals surface area (Å²) < 4.78 is 22.7. The second-order valence-electron chi connectivity index (χ2n) is 18.1. The van der Waals surface area contributed by atoms with E-state index in [1.807, 2.05) is 21.1 Å². The summed E-state index contributed by atoms with van der Waals surface area (Å²) >= 11 is 0. The molecule has 0 aromatic carbocycles. The third-order valence-electron chi connectivity index (χ3n) is 11.0. The quantitative estimate of drug-likeness (QED) is 0.0212. The number of nitrogens with zero attached hydrogens (tertiary/aromatic N) is 1. The average Bonchev–Trinajstić information content (AvgIpc) is 3.19. The Balaban J connectivity index is 4.17. The Morgan fingerprint density at radius 2 is 0.864 bits per heavy atom. The van der Waals surface area contributed by atoms with E-state index >= 15 is 0 Å². The molecule has 9 nitrogen and oxygen atoms in total. The van der Waals surface area contributed by atoms with Crippen LogP contribution in [0.1, 0.15) is 232 Å². The van der Waals surface area contributed by atoms with E-state index in [4.69, 9.17) is 18.9 Å². The molecule has 2 atom stereocenters. The van der Waals surface area contributed by atoms with Gasteiger partial charge in [0.05, 0.1) is 34.4 Å². The van der Waals surface area contributed by atoms with Crippen LogP contribution in [0.5, 0.6) is 0 Å². The number of carboxylic acid groups (broad SMARTS) is 1. The molecule has 0 radical (unpaired) electrons. The van der Waals surface area contributed by atoms with Crippen molar-refractivity contribution in [2.45, 2.75) is 245 Å². The molecule has 0 aliphatic carbocycles. The van der Waals surface area contributed by atoms with Crippen molar-refractivity contribution in [3.05, 3.63) is 12.2 Å². The Kier molecular flexibility index (Phi) is 41.3. The topological polar surface area (TPSA) is 108 Å². The van der Waals surface area contributed by atoms with E-state index in [-0.39, 0.29) is 32.2 Å². The predicted octanol–water partition coefficient (Wildman–Crippen LogP) is 13.5. The van der Waals surface area contributed by atoms with Crippen LogP contribution < -0.4 is 0 Å². The number of unbranched alkanes of at least 4 members (excludes halogenated alkanes) is 29. The van der Waals surface area contributed by atoms with Gasteiger partial charge in [0.15, 0.2) is 6.10 Å². The van der Waals surface area contributed by atoms with Crippen molar-refractivity contribution < 1.29 is 42.9 Å². The Bertz CT molecular complexity index is 980. The van der Waals surface area contributed by atoms with E-state index < -0.39 is 24.3 Å². The van der Waals surface area contributed by atoms with Crippen LogP contribution in [0, 0.1) is 0 Å². The Hall–Kier alpha value is -1.97. The highest BCUT2D eigenvalue weighted by Crippen LogP contribution is 2.16. The zero-order valence-corrected chi connectivity index (χ0v) is 39.4. The van der Waals surface area contributed by atoms with Crippen molar-refractivity contribution in [1.29, 1.82) is 0 Å². The summed E-state index contributed by atoms with van der Waals surface area (Å²) in [5, 5.41) is 9.63. The summed E-state index contributed by atoms with van der Waals surface area (Å²) in [5.41, 5.74) is 0. The van der Waals surface area contributed by atoms with Gasteiger partial charge >= 0.3 is 17.9 Å². The van der Waals surface area contributed by atoms with Gasteiger partial charge in [-0.25, -0.2) is 4.79 Å². The van der Waals surface area contributed by atoms with E-state index in [1.54, 1.807) is 0 Å². The van der Waals surface area contributed by atoms with Gasteiger partial charge in [0.1, 0.15) is 13.2 Å². The number of hydrogen-bond acceptors (Lipinski definition) is 7. The van der Waals surface area contributed by atoms with Crippen molar-refractivity contribution in [3.8, 4) is 0 Å². The first-order valence-corrected chi connectivity index (χ1v) is 24.9. The molecule has 0 saturated heterocycles. The second kappa shape index (κ2) is 42.7. The van der Waals surface area contributed by atoms with Crippen LogP contribution in [-0.4, -0.2) is 87.4 Å². The summed E-state index contributed by atoms with van der Waals surface area (Å²) in [4.78, 5) is 37.1. The highest BCUT2D eigenvalue weighted by Gasteiger charge is 2.25. The first kappa shape index (κ1) is 57.0. The van der Waals surface area contributed by atoms with Gasteiger partial charge in [-0.3, -0.25) is 9.59 Å². The van der Waals surface area contributed by atoms with Crippen molar-refractivity contribution in [3.63, 3.8) is 0 Å². The molecule has 348 valence electrons. The highest BCUT2D eigenvalue weighted by atomic mass is 16.7. The van der Waals surface area contributed by atoms with Gasteiger partial charge in [-0.2, -0.15) is 0 Å². The fourth-order valence-electron chi connectivity index (χ4n) is 7.13. The molecule has 0 rings (SSSR count). The minimum absolute atomic E-state index is 0.176. The van der Waals surface area contributed by atoms with Crippen molar-refractivity contribution in [2.24, 2.45) is 0 Å². The van der Waals surface area contributed by atoms with E-state index in [0.29, 0.717) is 17.4 Å². The molecule has 0 aliphatic rings. The largest absolute Gasteiger partial charge is 0.477 e. The Morgan fingerprint density at radius 1 is 0.492 bits per heavy atom. The van der Waals surface area contributed by atoms with Gasteiger partial charge in [0, 0.05) is 12.8 Å². The number of carbonyl (C=O) groups is 3. The van der Waals surface area contributed by atoms with Crippen LogP contribution in [0.3, 0.4) is 0 Å². The number of hydrogen-bond donors (Lipinski definition) is 1. The molecule has 9 heteroatoms. The number of likely N-dealkylation sites (N-methyl/N-ethyl adjacent to an activating group) is 1. The van der Waals surface area contributed by atoms with Crippen LogP contribution in [0.25, 0.3) is 0 Å². The number of ether oxygens (including phenoxy) is 4. The first-order valence-electron chi connectivity index (χ1n) is 24.9. The number of carbonyl (C=O) groups excluding carboxylic acids is 2. The molecule has 0 saturated carbocycles. The molecular weight excluding hydrogens is 743 g/mol. The standard InChI is InChI=1S/C50H95NO8/c1-6-8-10-12-14-16-17-18-19-20-21-22-23-24-25-26-27-28-29-30-31-33-35-37-39-41-48(53)59-46(45-58-50(49(54)55)56-43-42-51(3,4)5)44-57-47(52)40-38-36-34-32-15-13-11-9-7-2/h20-21,46,50H,6-19,22-45H2,1-5H3/p+1/b21-20-. The number of carboxylic acids is 1. The monoisotopic (exact) mass is 839 g/mol. The minimum Gasteiger partial charge on any atom is -0.477 e. The van der Waals surface area contributed by atoms with Gasteiger partial charge in [0.25, 0.3) is 6.29 Å². The molecule has 0 bridgehead atoms. The van der Waals surface area contributed by atoms with Crippen molar-refractivity contribution in [1.82, 2.24) is 0 Å². The SMILES string of the molecule is CCCCCCCCCC/C=C\CCCCCCCCCCCCCCCC(=O)OC(COC(=O)CCCCCCCCCCC)COC(OCC[N+](C)(C)C)C(=O)O. The molecule has 0 aliphatic heterocycles. The molecule has 0 fully saturated rings. The Morgan fingerprint density at radius 3 is 1.25 bits per heavy atom. The number of rotatable bonds is 46. The number of allylic oxidation sites excluding steroid dienone is 2. The molecule has 1 N–H and O–H groups in total. The van der Waals surface area contributed by atoms with Gasteiger partial charge < -0.3 is 28.5 Å². The molecular formula is C50H96NO8+. The zero-order valence-electron chi connectivity index (χ0n) is 39.4. The lowest BCUT2D eigenvalue weighted by molar-refractivity contribution is -0.870. The third kappa shape index (κ3) is 43.9. The van der Waals surface area contributed by atoms with E-state index in [0.717, 1.165) is 38.5 Å². The predicted molar refractivity (Wildman–Crippen MR) is 245 cm³/mol. The molecule has 0 aromatic rings. The molecule has 0 aromatic heterocycles. The fourth-order valence-corrected chi connectivity index (χ4v) is 7.13. The van der Waals surface area contributed by atoms with Crippen LogP contribution in [0.2, 0.25) is 0 Å². The van der Waals surface area contributed by atoms with Gasteiger partial charge in [-0.1, -0.05) is 193 Å². The lowest BCUT2D eigenvalue weighted by atomic mass is 10.0. The van der Waals surface area contributed by atoms with Crippen molar-refractivity contribution in [2.75, 3.05) is 47.5 Å². The summed E-state index contributed by atoms with van der Waals surface area (Å²) in [6, 6.07) is 0. The van der Waals surface area contributed by atoms with Gasteiger partial charge in [-0.05, 0) is 38.5 Å². The molecule has 0 heterocycles. The first-order chi connectivity index (χ1) is 28.6. The maximum atomic E-state index is 12.8. The third-order valence-corrected chi connectivity index (χ3v) is 11.0. The zero-order chi connectivity index (χ0) is 43.5. The molecule has 0 amide bonds. The summed E-state index contributed by atoms with van der Waals surface area (Å²) in [6.45, 7) is 4.87. The highest BCUT2D eigenvalue weighted by molar-refractivity contribution is 5.71. The normalized spacial score (nSPS) is 12.9. The lowest BCUT2D eigenvalue weighted by Gasteiger charge is -2.25. The molecule has 59 heavy (non-hydrogen) atoms. The van der Waals surface area contributed by atoms with E-state index in [1.165, 1.54) is 167 Å². The van der Waals surface area contributed by atoms with Gasteiger partial charge in [-0.15, -0.1) is 0 Å². The number of aliphatic carboxylic acids is 1. The maximum absolute atomic E-state index is 12.8. The van der Waals surface area contributed by atoms with Crippen LogP contribution in [0.15, 0.2) is 12.2 Å². The summed E-state index contributed by atoms with van der Waals surface area (Å²) in [7, 11) is 5.96. The smallest absolute Gasteiger partial charge is 0.361 e. The minimum atomic E-state index is -1.50. The molecule has 0 spiro atoms. The van der Waals surface area contributed by atoms with Gasteiger partial charge in [0.2, 0.25) is 0 Å². The fraction of sp³-hybridized carbons (Fsp3) is 0.900. The number of quaternary nitrogens is 1. The van der Waals surface area contributed by atoms with Crippen LogP contribution in [-0.2, 0) is 33.3 Å². The Labute approximate surface area is 364 Å². The lowest BCUT2D eigenvalue weighted by Crippen LogP contribution is -2.40. The number of esters is 2. The van der Waals surface area contributed by atoms with Crippen LogP contribution in [0.4, 0.5) is 0 Å². The molecule has 2 unspecified atom stereocenters. The summed E-state index contributed by atoms with van der Waals surface area (Å²) in [5.74, 6) is -2.00. The maximum Gasteiger partial charge on any atom is 0.361 e. The summed E-state index contributed by atoms with van der Waals surface area (Å²) in [6.07, 6.45) is 42.9. The van der Waals surface area contributed by atoms with Crippen molar-refractivity contribution >= 4 is 17.9 Å². The van der Waals surface area contributed by atoms with E-state index in [2.05, 4.69) is 26.0 Å². The van der Waals surface area contributed by atoms with Crippen LogP contribution >= 0.6 is 0 Å². The second-order valence-corrected chi connectivity index (χ2v) is 18.1.